The Kier molecular flexibility index (Phi) is 4.72. The van der Waals surface area contributed by atoms with E-state index in [0.717, 1.165) is 23.0 Å². The smallest absolute Gasteiger partial charge is 0.387 e. The highest BCUT2D eigenvalue weighted by Gasteiger charge is 2.20. The van der Waals surface area contributed by atoms with Crippen LogP contribution in [0, 0.1) is 0 Å². The average Bonchev–Trinajstić information content (AvgIpc) is 3.07. The molecule has 0 atom stereocenters. The molecule has 1 saturated heterocycles. The van der Waals surface area contributed by atoms with E-state index in [0.29, 0.717) is 37.6 Å². The summed E-state index contributed by atoms with van der Waals surface area (Å²) in [5, 5.41) is 5.53. The molecule has 0 radical (unpaired) electrons. The lowest BCUT2D eigenvalue weighted by Gasteiger charge is -2.27. The number of carbonyl (C=O) groups excluding carboxylic acids is 1. The van der Waals surface area contributed by atoms with E-state index in [2.05, 4.69) is 9.64 Å². The Morgan fingerprint density at radius 1 is 1.15 bits per heavy atom. The standard InChI is InChI=1S/C19H17F2N3O3/c20-19(21)27-15-3-1-2-14(11-15)24-17-5-4-13(12-25)10-16(17)18(22-24)23-6-8-26-9-7-23/h1-5,10-12,19H,6-9H2. The number of aromatic nitrogens is 2. The summed E-state index contributed by atoms with van der Waals surface area (Å²) in [5.74, 6) is 0.792. The summed E-state index contributed by atoms with van der Waals surface area (Å²) in [4.78, 5) is 13.3. The number of morpholine rings is 1. The number of rotatable bonds is 5. The summed E-state index contributed by atoms with van der Waals surface area (Å²) in [6.07, 6.45) is 0.789. The summed E-state index contributed by atoms with van der Waals surface area (Å²) in [7, 11) is 0. The number of aldehydes is 1. The van der Waals surface area contributed by atoms with E-state index in [9.17, 15) is 13.6 Å². The molecular formula is C19H17F2N3O3. The van der Waals surface area contributed by atoms with E-state index in [1.54, 1.807) is 35.0 Å². The van der Waals surface area contributed by atoms with Crippen LogP contribution in [0.2, 0.25) is 0 Å². The topological polar surface area (TPSA) is 56.6 Å². The van der Waals surface area contributed by atoms with Crippen molar-refractivity contribution in [3.8, 4) is 11.4 Å². The van der Waals surface area contributed by atoms with Gasteiger partial charge in [-0.1, -0.05) is 6.07 Å². The monoisotopic (exact) mass is 373 g/mol. The minimum absolute atomic E-state index is 0.0589. The van der Waals surface area contributed by atoms with Crippen molar-refractivity contribution in [2.75, 3.05) is 31.2 Å². The van der Waals surface area contributed by atoms with Crippen LogP contribution in [0.5, 0.6) is 5.75 Å². The summed E-state index contributed by atoms with van der Waals surface area (Å²) in [6, 6.07) is 11.7. The van der Waals surface area contributed by atoms with Crippen LogP contribution in [0.3, 0.4) is 0 Å². The minimum Gasteiger partial charge on any atom is -0.435 e. The number of hydrogen-bond acceptors (Lipinski definition) is 5. The lowest BCUT2D eigenvalue weighted by molar-refractivity contribution is -0.0498. The Hall–Kier alpha value is -3.00. The third-order valence-corrected chi connectivity index (χ3v) is 4.42. The van der Waals surface area contributed by atoms with E-state index in [-0.39, 0.29) is 5.75 Å². The fourth-order valence-corrected chi connectivity index (χ4v) is 3.19. The van der Waals surface area contributed by atoms with Gasteiger partial charge in [0.25, 0.3) is 0 Å². The van der Waals surface area contributed by atoms with Gasteiger partial charge in [-0.3, -0.25) is 4.79 Å². The molecule has 1 fully saturated rings. The normalized spacial score (nSPS) is 14.7. The second-order valence-electron chi connectivity index (χ2n) is 6.11. The van der Waals surface area contributed by atoms with Crippen LogP contribution in [0.25, 0.3) is 16.6 Å². The highest BCUT2D eigenvalue weighted by molar-refractivity contribution is 5.95. The molecular weight excluding hydrogens is 356 g/mol. The molecule has 0 unspecified atom stereocenters. The molecule has 2 heterocycles. The Balaban J connectivity index is 1.84. The number of benzene rings is 2. The predicted octanol–water partition coefficient (Wildman–Crippen LogP) is 3.28. The summed E-state index contributed by atoms with van der Waals surface area (Å²) < 4.78 is 36.7. The van der Waals surface area contributed by atoms with Crippen molar-refractivity contribution < 1.29 is 23.0 Å². The molecule has 1 aliphatic rings. The lowest BCUT2D eigenvalue weighted by atomic mass is 10.1. The third-order valence-electron chi connectivity index (χ3n) is 4.42. The van der Waals surface area contributed by atoms with Gasteiger partial charge in [-0.2, -0.15) is 8.78 Å². The molecule has 0 aliphatic carbocycles. The Labute approximate surface area is 153 Å². The molecule has 0 spiro atoms. The number of ether oxygens (including phenoxy) is 2. The van der Waals surface area contributed by atoms with Gasteiger partial charge in [-0.15, -0.1) is 5.10 Å². The molecule has 0 N–H and O–H groups in total. The van der Waals surface area contributed by atoms with Gasteiger partial charge in [0.15, 0.2) is 5.82 Å². The molecule has 2 aromatic carbocycles. The van der Waals surface area contributed by atoms with Crippen LogP contribution in [0.15, 0.2) is 42.5 Å². The van der Waals surface area contributed by atoms with Crippen LogP contribution < -0.4 is 9.64 Å². The number of anilines is 1. The summed E-state index contributed by atoms with van der Waals surface area (Å²) >= 11 is 0. The van der Waals surface area contributed by atoms with Crippen LogP contribution in [0.1, 0.15) is 10.4 Å². The number of halogens is 2. The molecule has 3 aromatic rings. The summed E-state index contributed by atoms with van der Waals surface area (Å²) in [6.45, 7) is -0.328. The van der Waals surface area contributed by atoms with Crippen molar-refractivity contribution in [2.45, 2.75) is 6.61 Å². The molecule has 0 bridgehead atoms. The first-order chi connectivity index (χ1) is 13.2. The van der Waals surface area contributed by atoms with Gasteiger partial charge in [-0.05, 0) is 30.3 Å². The molecule has 0 saturated carbocycles. The lowest BCUT2D eigenvalue weighted by Crippen LogP contribution is -2.36. The fraction of sp³-hybridized carbons (Fsp3) is 0.263. The molecule has 1 aromatic heterocycles. The number of hydrogen-bond donors (Lipinski definition) is 0. The van der Waals surface area contributed by atoms with E-state index < -0.39 is 6.61 Å². The quantitative estimate of drug-likeness (QED) is 0.643. The fourth-order valence-electron chi connectivity index (χ4n) is 3.19. The van der Waals surface area contributed by atoms with Crippen LogP contribution >= 0.6 is 0 Å². The minimum atomic E-state index is -2.89. The number of fused-ring (bicyclic) bond motifs is 1. The molecule has 6 nitrogen and oxygen atoms in total. The maximum Gasteiger partial charge on any atom is 0.387 e. The van der Waals surface area contributed by atoms with Crippen molar-refractivity contribution in [3.05, 3.63) is 48.0 Å². The van der Waals surface area contributed by atoms with Gasteiger partial charge >= 0.3 is 6.61 Å². The average molecular weight is 373 g/mol. The first-order valence-electron chi connectivity index (χ1n) is 8.51. The van der Waals surface area contributed by atoms with Crippen LogP contribution in [0.4, 0.5) is 14.6 Å². The van der Waals surface area contributed by atoms with E-state index >= 15 is 0 Å². The van der Waals surface area contributed by atoms with Gasteiger partial charge in [0, 0.05) is 30.1 Å². The molecule has 140 valence electrons. The van der Waals surface area contributed by atoms with Crippen LogP contribution in [-0.2, 0) is 4.74 Å². The van der Waals surface area contributed by atoms with E-state index in [1.807, 2.05) is 0 Å². The Morgan fingerprint density at radius 2 is 1.96 bits per heavy atom. The van der Waals surface area contributed by atoms with Gasteiger partial charge in [0.1, 0.15) is 12.0 Å². The van der Waals surface area contributed by atoms with Crippen LogP contribution in [-0.4, -0.2) is 49.0 Å². The third kappa shape index (κ3) is 3.48. The number of nitrogens with zero attached hydrogens (tertiary/aromatic N) is 3. The maximum atomic E-state index is 12.5. The first-order valence-corrected chi connectivity index (χ1v) is 8.51. The zero-order valence-corrected chi connectivity index (χ0v) is 14.3. The number of alkyl halides is 2. The van der Waals surface area contributed by atoms with Gasteiger partial charge in [0.05, 0.1) is 24.4 Å². The van der Waals surface area contributed by atoms with Crippen molar-refractivity contribution in [3.63, 3.8) is 0 Å². The van der Waals surface area contributed by atoms with E-state index in [4.69, 9.17) is 9.84 Å². The zero-order valence-electron chi connectivity index (χ0n) is 14.3. The predicted molar refractivity (Wildman–Crippen MR) is 96.1 cm³/mol. The van der Waals surface area contributed by atoms with Gasteiger partial charge in [0.2, 0.25) is 0 Å². The second kappa shape index (κ2) is 7.32. The molecule has 8 heteroatoms. The van der Waals surface area contributed by atoms with Gasteiger partial charge < -0.3 is 14.4 Å². The Bertz CT molecular complexity index is 968. The van der Waals surface area contributed by atoms with Crippen molar-refractivity contribution >= 4 is 23.0 Å². The van der Waals surface area contributed by atoms with Gasteiger partial charge in [-0.25, -0.2) is 4.68 Å². The zero-order chi connectivity index (χ0) is 18.8. The molecule has 27 heavy (non-hydrogen) atoms. The van der Waals surface area contributed by atoms with E-state index in [1.165, 1.54) is 12.1 Å². The van der Waals surface area contributed by atoms with Crippen molar-refractivity contribution in [1.82, 2.24) is 9.78 Å². The highest BCUT2D eigenvalue weighted by Crippen LogP contribution is 2.31. The Morgan fingerprint density at radius 3 is 2.70 bits per heavy atom. The highest BCUT2D eigenvalue weighted by atomic mass is 19.3. The SMILES string of the molecule is O=Cc1ccc2c(c1)c(N1CCOCC1)nn2-c1cccc(OC(F)F)c1. The summed E-state index contributed by atoms with van der Waals surface area (Å²) in [5.41, 5.74) is 1.92. The maximum absolute atomic E-state index is 12.5. The second-order valence-corrected chi connectivity index (χ2v) is 6.11. The number of carbonyl (C=O) groups is 1. The first kappa shape index (κ1) is 17.4. The molecule has 1 aliphatic heterocycles. The molecule has 4 rings (SSSR count). The largest absolute Gasteiger partial charge is 0.435 e. The molecule has 0 amide bonds. The van der Waals surface area contributed by atoms with Crippen molar-refractivity contribution in [1.29, 1.82) is 0 Å². The van der Waals surface area contributed by atoms with Crippen molar-refractivity contribution in [2.24, 2.45) is 0 Å².